The minimum absolute atomic E-state index is 0.171. The van der Waals surface area contributed by atoms with Crippen molar-refractivity contribution in [2.24, 2.45) is 0 Å². The van der Waals surface area contributed by atoms with Crippen LogP contribution in [-0.4, -0.2) is 35.0 Å². The van der Waals surface area contributed by atoms with Gasteiger partial charge in [0.25, 0.3) is 0 Å². The maximum atomic E-state index is 12.3. The van der Waals surface area contributed by atoms with E-state index in [1.54, 1.807) is 11.8 Å². The number of esters is 2. The minimum atomic E-state index is -0.930. The van der Waals surface area contributed by atoms with Crippen LogP contribution < -0.4 is 9.47 Å². The second-order valence-electron chi connectivity index (χ2n) is 14.0. The molecule has 0 aromatic heterocycles. The molecule has 8 heteroatoms. The molecule has 0 saturated carbocycles. The number of ether oxygens (including phenoxy) is 4. The van der Waals surface area contributed by atoms with E-state index in [-0.39, 0.29) is 12.0 Å². The van der Waals surface area contributed by atoms with Gasteiger partial charge < -0.3 is 18.9 Å². The van der Waals surface area contributed by atoms with Crippen LogP contribution in [-0.2, 0) is 36.0 Å². The van der Waals surface area contributed by atoms with Crippen molar-refractivity contribution in [2.45, 2.75) is 88.8 Å². The zero-order valence-corrected chi connectivity index (χ0v) is 33.8. The lowest BCUT2D eigenvalue weighted by Gasteiger charge is -2.31. The summed E-state index contributed by atoms with van der Waals surface area (Å²) in [5.74, 6) is 1.94. The molecule has 4 rings (SSSR count). The quantitative estimate of drug-likeness (QED) is 0.0565. The highest BCUT2D eigenvalue weighted by molar-refractivity contribution is 7.99. The number of hydrogen-bond donors (Lipinski definition) is 0. The first-order chi connectivity index (χ1) is 25.2. The topological polar surface area (TPSA) is 71.1 Å². The van der Waals surface area contributed by atoms with Crippen LogP contribution >= 0.6 is 23.5 Å². The predicted molar refractivity (Wildman–Crippen MR) is 220 cm³/mol. The van der Waals surface area contributed by atoms with Crippen molar-refractivity contribution < 1.29 is 28.5 Å². The molecule has 0 fully saturated rings. The van der Waals surface area contributed by atoms with Crippen LogP contribution in [0.2, 0.25) is 0 Å². The van der Waals surface area contributed by atoms with Gasteiger partial charge in [0, 0.05) is 29.1 Å². The maximum absolute atomic E-state index is 12.3. The first-order valence-corrected chi connectivity index (χ1v) is 19.7. The standard InChI is InChI=1S/C45H52O6S2/c1-11-39(46)49-34(7)43(52-27-35-19-15-13-16-20-35)50-42-32(5)25-38(26-33(42)6)44(8,9)37-23-30(3)41(31(4)24-37)48-29-45(10,51-40(47)12-2)53-28-36-21-17-14-18-22-36/h11-26,34,43H,1-2,27-29H2,3-10H3. The van der Waals surface area contributed by atoms with Crippen molar-refractivity contribution in [3.05, 3.63) is 155 Å². The summed E-state index contributed by atoms with van der Waals surface area (Å²) in [5.41, 5.74) is 7.77. The van der Waals surface area contributed by atoms with Crippen LogP contribution in [0.3, 0.4) is 0 Å². The summed E-state index contributed by atoms with van der Waals surface area (Å²) in [7, 11) is 0. The largest absolute Gasteiger partial charge is 0.488 e. The fourth-order valence-corrected chi connectivity index (χ4v) is 7.98. The average Bonchev–Trinajstić information content (AvgIpc) is 3.13. The summed E-state index contributed by atoms with van der Waals surface area (Å²) >= 11 is 3.11. The van der Waals surface area contributed by atoms with Crippen molar-refractivity contribution in [2.75, 3.05) is 6.61 Å². The molecule has 0 heterocycles. The van der Waals surface area contributed by atoms with E-state index in [9.17, 15) is 9.59 Å². The molecular weight excluding hydrogens is 701 g/mol. The van der Waals surface area contributed by atoms with Gasteiger partial charge in [0.05, 0.1) is 0 Å². The number of rotatable bonds is 18. The van der Waals surface area contributed by atoms with E-state index >= 15 is 0 Å². The second kappa shape index (κ2) is 18.6. The lowest BCUT2D eigenvalue weighted by molar-refractivity contribution is -0.146. The van der Waals surface area contributed by atoms with Crippen LogP contribution in [0.1, 0.15) is 72.2 Å². The predicted octanol–water partition coefficient (Wildman–Crippen LogP) is 10.8. The van der Waals surface area contributed by atoms with Gasteiger partial charge in [-0.05, 0) is 86.1 Å². The molecular formula is C45H52O6S2. The summed E-state index contributed by atoms with van der Waals surface area (Å²) in [6.45, 7) is 23.7. The smallest absolute Gasteiger partial charge is 0.331 e. The van der Waals surface area contributed by atoms with Gasteiger partial charge in [-0.25, -0.2) is 9.59 Å². The molecule has 0 N–H and O–H groups in total. The maximum Gasteiger partial charge on any atom is 0.331 e. The highest BCUT2D eigenvalue weighted by atomic mass is 32.2. The molecule has 0 radical (unpaired) electrons. The van der Waals surface area contributed by atoms with Crippen LogP contribution in [0.25, 0.3) is 0 Å². The fraction of sp³-hybridized carbons (Fsp3) is 0.333. The zero-order chi connectivity index (χ0) is 38.8. The van der Waals surface area contributed by atoms with Gasteiger partial charge in [0.15, 0.2) is 10.4 Å². The Morgan fingerprint density at radius 1 is 0.717 bits per heavy atom. The highest BCUT2D eigenvalue weighted by Crippen LogP contribution is 2.40. The molecule has 3 unspecified atom stereocenters. The first-order valence-electron chi connectivity index (χ1n) is 17.7. The first kappa shape index (κ1) is 41.4. The third-order valence-corrected chi connectivity index (χ3v) is 11.7. The molecule has 6 nitrogen and oxygen atoms in total. The van der Waals surface area contributed by atoms with Crippen molar-refractivity contribution in [3.8, 4) is 11.5 Å². The number of thioether (sulfide) groups is 2. The molecule has 53 heavy (non-hydrogen) atoms. The second-order valence-corrected chi connectivity index (χ2v) is 16.5. The van der Waals surface area contributed by atoms with Crippen molar-refractivity contribution in [3.63, 3.8) is 0 Å². The molecule has 0 amide bonds. The molecule has 0 spiro atoms. The molecule has 0 aliphatic rings. The van der Waals surface area contributed by atoms with E-state index in [1.807, 2.05) is 64.1 Å². The van der Waals surface area contributed by atoms with E-state index in [0.29, 0.717) is 11.5 Å². The van der Waals surface area contributed by atoms with Crippen LogP contribution in [0.15, 0.2) is 110 Å². The van der Waals surface area contributed by atoms with Crippen LogP contribution in [0.5, 0.6) is 11.5 Å². The Bertz CT molecular complexity index is 1840. The number of carbonyl (C=O) groups excluding carboxylic acids is 2. The Balaban J connectivity index is 1.55. The van der Waals surface area contributed by atoms with Crippen molar-refractivity contribution >= 4 is 35.5 Å². The number of hydrogen-bond acceptors (Lipinski definition) is 8. The molecule has 280 valence electrons. The highest BCUT2D eigenvalue weighted by Gasteiger charge is 2.32. The normalized spacial score (nSPS) is 13.6. The van der Waals surface area contributed by atoms with E-state index in [4.69, 9.17) is 18.9 Å². The Hall–Kier alpha value is -4.40. The fourth-order valence-electron chi connectivity index (χ4n) is 5.99. The summed E-state index contributed by atoms with van der Waals surface area (Å²) in [4.78, 5) is 23.5. The van der Waals surface area contributed by atoms with E-state index in [2.05, 4.69) is 89.4 Å². The van der Waals surface area contributed by atoms with Gasteiger partial charge in [-0.15, -0.1) is 23.5 Å². The lowest BCUT2D eigenvalue weighted by Crippen LogP contribution is -2.35. The van der Waals surface area contributed by atoms with Gasteiger partial charge in [-0.1, -0.05) is 112 Å². The summed E-state index contributed by atoms with van der Waals surface area (Å²) in [5, 5.41) is 0. The van der Waals surface area contributed by atoms with Gasteiger partial charge >= 0.3 is 11.9 Å². The molecule has 0 aliphatic carbocycles. The number of carbonyl (C=O) groups is 2. The van der Waals surface area contributed by atoms with E-state index in [0.717, 1.165) is 56.0 Å². The molecule has 3 atom stereocenters. The van der Waals surface area contributed by atoms with E-state index < -0.39 is 28.4 Å². The SMILES string of the molecule is C=CC(=O)OC(C)C(Oc1c(C)cc(C(C)(C)c2cc(C)c(OCC(C)(OC(=O)C=C)SCc3ccccc3)c(C)c2)cc1C)SCc1ccccc1. The van der Waals surface area contributed by atoms with Crippen molar-refractivity contribution in [1.82, 2.24) is 0 Å². The van der Waals surface area contributed by atoms with Gasteiger partial charge in [0.2, 0.25) is 0 Å². The van der Waals surface area contributed by atoms with Gasteiger partial charge in [-0.3, -0.25) is 0 Å². The summed E-state index contributed by atoms with van der Waals surface area (Å²) in [6, 6.07) is 28.9. The average molecular weight is 753 g/mol. The Labute approximate surface area is 324 Å². The molecule has 0 saturated heterocycles. The molecule has 0 aliphatic heterocycles. The molecule has 4 aromatic carbocycles. The lowest BCUT2D eigenvalue weighted by atomic mass is 9.76. The van der Waals surface area contributed by atoms with Gasteiger partial charge in [-0.2, -0.15) is 0 Å². The third kappa shape index (κ3) is 11.3. The Morgan fingerprint density at radius 2 is 1.19 bits per heavy atom. The summed E-state index contributed by atoms with van der Waals surface area (Å²) in [6.07, 6.45) is 1.85. The summed E-state index contributed by atoms with van der Waals surface area (Å²) < 4.78 is 24.5. The number of aryl methyl sites for hydroxylation is 4. The van der Waals surface area contributed by atoms with E-state index in [1.165, 1.54) is 23.9 Å². The molecule has 0 bridgehead atoms. The van der Waals surface area contributed by atoms with Crippen LogP contribution in [0.4, 0.5) is 0 Å². The van der Waals surface area contributed by atoms with Gasteiger partial charge in [0.1, 0.15) is 24.2 Å². The van der Waals surface area contributed by atoms with Crippen LogP contribution in [0, 0.1) is 27.7 Å². The Kier molecular flexibility index (Phi) is 14.5. The third-order valence-electron chi connectivity index (χ3n) is 9.06. The zero-order valence-electron chi connectivity index (χ0n) is 32.2. The Morgan fingerprint density at radius 3 is 1.68 bits per heavy atom. The minimum Gasteiger partial charge on any atom is -0.488 e. The molecule has 4 aromatic rings. The van der Waals surface area contributed by atoms with Crippen molar-refractivity contribution in [1.29, 1.82) is 0 Å². The number of benzene rings is 4. The monoisotopic (exact) mass is 752 g/mol.